The quantitative estimate of drug-likeness (QED) is 0.851. The van der Waals surface area contributed by atoms with Gasteiger partial charge in [-0.1, -0.05) is 23.4 Å². The molecule has 3 rings (SSSR count). The Labute approximate surface area is 100 Å². The SMILES string of the molecule is NCc1noc2c1CN(c1ccccc1)CC2. The Balaban J connectivity index is 1.89. The van der Waals surface area contributed by atoms with Crippen LogP contribution in [0.3, 0.4) is 0 Å². The number of nitrogens with zero attached hydrogens (tertiary/aromatic N) is 2. The number of aromatic nitrogens is 1. The number of nitrogens with two attached hydrogens (primary N) is 1. The summed E-state index contributed by atoms with van der Waals surface area (Å²) in [5, 5.41) is 4.02. The standard InChI is InChI=1S/C13H15N3O/c14-8-12-11-9-16(7-6-13(11)17-15-12)10-4-2-1-3-5-10/h1-5H,6-9,14H2. The summed E-state index contributed by atoms with van der Waals surface area (Å²) in [5.41, 5.74) is 8.96. The first-order valence-corrected chi connectivity index (χ1v) is 5.85. The molecule has 2 N–H and O–H groups in total. The van der Waals surface area contributed by atoms with Gasteiger partial charge in [0.1, 0.15) is 11.5 Å². The van der Waals surface area contributed by atoms with Gasteiger partial charge >= 0.3 is 0 Å². The normalized spacial score (nSPS) is 14.8. The minimum absolute atomic E-state index is 0.446. The van der Waals surface area contributed by atoms with Crippen LogP contribution in [0.1, 0.15) is 17.0 Å². The minimum atomic E-state index is 0.446. The lowest BCUT2D eigenvalue weighted by molar-refractivity contribution is 0.373. The van der Waals surface area contributed by atoms with E-state index in [1.165, 1.54) is 11.3 Å². The molecule has 0 spiro atoms. The number of rotatable bonds is 2. The molecule has 1 aromatic heterocycles. The number of para-hydroxylation sites is 1. The summed E-state index contributed by atoms with van der Waals surface area (Å²) in [5.74, 6) is 0.998. The van der Waals surface area contributed by atoms with Crippen LogP contribution in [-0.4, -0.2) is 11.7 Å². The fourth-order valence-corrected chi connectivity index (χ4v) is 2.28. The predicted octanol–water partition coefficient (Wildman–Crippen LogP) is 1.70. The van der Waals surface area contributed by atoms with E-state index in [4.69, 9.17) is 10.3 Å². The smallest absolute Gasteiger partial charge is 0.143 e. The van der Waals surface area contributed by atoms with Gasteiger partial charge in [0.05, 0.1) is 0 Å². The van der Waals surface area contributed by atoms with E-state index in [2.05, 4.69) is 34.3 Å². The van der Waals surface area contributed by atoms with Crippen molar-refractivity contribution < 1.29 is 4.52 Å². The van der Waals surface area contributed by atoms with Gasteiger partial charge in [0.2, 0.25) is 0 Å². The summed E-state index contributed by atoms with van der Waals surface area (Å²) in [6.07, 6.45) is 0.900. The second-order valence-corrected chi connectivity index (χ2v) is 4.24. The van der Waals surface area contributed by atoms with Crippen molar-refractivity contribution in [2.75, 3.05) is 11.4 Å². The number of hydrogen-bond acceptors (Lipinski definition) is 4. The zero-order chi connectivity index (χ0) is 11.7. The van der Waals surface area contributed by atoms with E-state index in [9.17, 15) is 0 Å². The number of hydrogen-bond donors (Lipinski definition) is 1. The van der Waals surface area contributed by atoms with E-state index < -0.39 is 0 Å². The van der Waals surface area contributed by atoms with E-state index in [1.807, 2.05) is 6.07 Å². The van der Waals surface area contributed by atoms with Gasteiger partial charge in [-0.2, -0.15) is 0 Å². The molecule has 4 heteroatoms. The summed E-state index contributed by atoms with van der Waals surface area (Å²) < 4.78 is 5.31. The summed E-state index contributed by atoms with van der Waals surface area (Å²) in [7, 11) is 0. The first kappa shape index (κ1) is 10.4. The Kier molecular flexibility index (Phi) is 2.57. The van der Waals surface area contributed by atoms with Crippen molar-refractivity contribution in [3.05, 3.63) is 47.3 Å². The first-order valence-electron chi connectivity index (χ1n) is 5.85. The molecule has 0 aliphatic carbocycles. The van der Waals surface area contributed by atoms with Crippen molar-refractivity contribution >= 4 is 5.69 Å². The van der Waals surface area contributed by atoms with Crippen LogP contribution >= 0.6 is 0 Å². The van der Waals surface area contributed by atoms with Gasteiger partial charge < -0.3 is 15.2 Å². The third kappa shape index (κ3) is 1.80. The van der Waals surface area contributed by atoms with Crippen molar-refractivity contribution in [1.82, 2.24) is 5.16 Å². The Bertz CT molecular complexity index is 493. The van der Waals surface area contributed by atoms with Gasteiger partial charge in [0.15, 0.2) is 0 Å². The van der Waals surface area contributed by atoms with Crippen LogP contribution in [0.15, 0.2) is 34.9 Å². The zero-order valence-electron chi connectivity index (χ0n) is 9.60. The molecule has 88 valence electrons. The van der Waals surface area contributed by atoms with Crippen LogP contribution in [0, 0.1) is 0 Å². The molecule has 1 aliphatic heterocycles. The maximum Gasteiger partial charge on any atom is 0.143 e. The molecule has 0 atom stereocenters. The average Bonchev–Trinajstić information content (AvgIpc) is 2.81. The molecule has 0 saturated carbocycles. The molecule has 1 aromatic carbocycles. The first-order chi connectivity index (χ1) is 8.38. The molecule has 0 amide bonds. The highest BCUT2D eigenvalue weighted by Gasteiger charge is 2.23. The minimum Gasteiger partial charge on any atom is -0.367 e. The molecule has 2 heterocycles. The summed E-state index contributed by atoms with van der Waals surface area (Å²) in [6.45, 7) is 2.26. The van der Waals surface area contributed by atoms with E-state index in [0.29, 0.717) is 6.54 Å². The molecular formula is C13H15N3O. The van der Waals surface area contributed by atoms with E-state index >= 15 is 0 Å². The third-order valence-electron chi connectivity index (χ3n) is 3.22. The maximum absolute atomic E-state index is 5.66. The molecule has 4 nitrogen and oxygen atoms in total. The van der Waals surface area contributed by atoms with Crippen molar-refractivity contribution in [3.63, 3.8) is 0 Å². The van der Waals surface area contributed by atoms with Gasteiger partial charge in [-0.25, -0.2) is 0 Å². The number of benzene rings is 1. The fraction of sp³-hybridized carbons (Fsp3) is 0.308. The predicted molar refractivity (Wildman–Crippen MR) is 65.6 cm³/mol. The fourth-order valence-electron chi connectivity index (χ4n) is 2.28. The van der Waals surface area contributed by atoms with Crippen molar-refractivity contribution in [1.29, 1.82) is 0 Å². The van der Waals surface area contributed by atoms with Gasteiger partial charge in [-0.3, -0.25) is 0 Å². The topological polar surface area (TPSA) is 55.3 Å². The lowest BCUT2D eigenvalue weighted by Crippen LogP contribution is -2.30. The van der Waals surface area contributed by atoms with Crippen LogP contribution in [0.25, 0.3) is 0 Å². The number of anilines is 1. The monoisotopic (exact) mass is 229 g/mol. The second-order valence-electron chi connectivity index (χ2n) is 4.24. The average molecular weight is 229 g/mol. The largest absolute Gasteiger partial charge is 0.367 e. The summed E-state index contributed by atoms with van der Waals surface area (Å²) in [6, 6.07) is 10.4. The second kappa shape index (κ2) is 4.22. The zero-order valence-corrected chi connectivity index (χ0v) is 9.60. The molecule has 17 heavy (non-hydrogen) atoms. The van der Waals surface area contributed by atoms with Crippen LogP contribution in [0.4, 0.5) is 5.69 Å². The molecule has 0 saturated heterocycles. The molecule has 0 radical (unpaired) electrons. The van der Waals surface area contributed by atoms with Crippen LogP contribution in [-0.2, 0) is 19.5 Å². The van der Waals surface area contributed by atoms with Gasteiger partial charge in [0, 0.05) is 37.3 Å². The molecule has 0 bridgehead atoms. The Morgan fingerprint density at radius 1 is 1.29 bits per heavy atom. The van der Waals surface area contributed by atoms with Gasteiger partial charge in [-0.05, 0) is 12.1 Å². The van der Waals surface area contributed by atoms with Gasteiger partial charge in [0.25, 0.3) is 0 Å². The highest BCUT2D eigenvalue weighted by atomic mass is 16.5. The molecule has 1 aliphatic rings. The Hall–Kier alpha value is -1.81. The molecule has 0 unspecified atom stereocenters. The van der Waals surface area contributed by atoms with Crippen LogP contribution in [0.2, 0.25) is 0 Å². The van der Waals surface area contributed by atoms with E-state index in [1.54, 1.807) is 0 Å². The molecule has 2 aromatic rings. The molecular weight excluding hydrogens is 214 g/mol. The highest BCUT2D eigenvalue weighted by molar-refractivity contribution is 5.48. The van der Waals surface area contributed by atoms with E-state index in [0.717, 1.165) is 31.0 Å². The lowest BCUT2D eigenvalue weighted by Gasteiger charge is -2.28. The van der Waals surface area contributed by atoms with Crippen LogP contribution < -0.4 is 10.6 Å². The maximum atomic E-state index is 5.66. The Morgan fingerprint density at radius 3 is 2.88 bits per heavy atom. The van der Waals surface area contributed by atoms with Crippen molar-refractivity contribution in [2.45, 2.75) is 19.5 Å². The van der Waals surface area contributed by atoms with Crippen molar-refractivity contribution in [2.24, 2.45) is 5.73 Å². The van der Waals surface area contributed by atoms with Crippen molar-refractivity contribution in [3.8, 4) is 0 Å². The number of fused-ring (bicyclic) bond motifs is 1. The van der Waals surface area contributed by atoms with Crippen LogP contribution in [0.5, 0.6) is 0 Å². The Morgan fingerprint density at radius 2 is 2.12 bits per heavy atom. The summed E-state index contributed by atoms with van der Waals surface area (Å²) >= 11 is 0. The summed E-state index contributed by atoms with van der Waals surface area (Å²) in [4.78, 5) is 2.33. The lowest BCUT2D eigenvalue weighted by atomic mass is 10.1. The third-order valence-corrected chi connectivity index (χ3v) is 3.22. The highest BCUT2D eigenvalue weighted by Crippen LogP contribution is 2.26. The van der Waals surface area contributed by atoms with Gasteiger partial charge in [-0.15, -0.1) is 0 Å². The van der Waals surface area contributed by atoms with E-state index in [-0.39, 0.29) is 0 Å². The molecule has 0 fully saturated rings.